The summed E-state index contributed by atoms with van der Waals surface area (Å²) >= 11 is 0. The number of pyridine rings is 1. The maximum Gasteiger partial charge on any atom is 0.0705 e. The van der Waals surface area contributed by atoms with E-state index in [9.17, 15) is 0 Å². The van der Waals surface area contributed by atoms with Gasteiger partial charge in [0.15, 0.2) is 0 Å². The zero-order chi connectivity index (χ0) is 14.2. The number of nitrogens with two attached hydrogens (primary N) is 1. The minimum absolute atomic E-state index is 0.320. The standard InChI is InChI=1S/C17H25N3/c1-2-3-4-5-9-16(20-18)13-15-12-11-14-8-6-7-10-17(14)19-15/h6-8,10-12,16,20H,2-5,9,13,18H2,1H3. The van der Waals surface area contributed by atoms with Crippen molar-refractivity contribution in [3.05, 3.63) is 42.1 Å². The molecule has 2 aromatic rings. The Bertz CT molecular complexity index is 524. The number of nitrogens with one attached hydrogen (secondary N) is 1. The number of fused-ring (bicyclic) bond motifs is 1. The van der Waals surface area contributed by atoms with Crippen LogP contribution in [-0.2, 0) is 6.42 Å². The van der Waals surface area contributed by atoms with E-state index in [-0.39, 0.29) is 0 Å². The lowest BCUT2D eigenvalue weighted by molar-refractivity contribution is 0.460. The number of hydrogen-bond acceptors (Lipinski definition) is 3. The van der Waals surface area contributed by atoms with Crippen molar-refractivity contribution >= 4 is 10.9 Å². The molecule has 1 aromatic carbocycles. The number of hydrogen-bond donors (Lipinski definition) is 2. The third-order valence-electron chi connectivity index (χ3n) is 3.75. The van der Waals surface area contributed by atoms with Gasteiger partial charge in [0.2, 0.25) is 0 Å². The van der Waals surface area contributed by atoms with Crippen LogP contribution in [0, 0.1) is 0 Å². The van der Waals surface area contributed by atoms with Gasteiger partial charge in [-0.2, -0.15) is 0 Å². The Balaban J connectivity index is 1.94. The van der Waals surface area contributed by atoms with E-state index in [2.05, 4.69) is 36.6 Å². The number of unbranched alkanes of at least 4 members (excludes halogenated alkanes) is 3. The third kappa shape index (κ3) is 4.29. The summed E-state index contributed by atoms with van der Waals surface area (Å²) in [7, 11) is 0. The molecule has 2 rings (SSSR count). The molecule has 0 radical (unpaired) electrons. The van der Waals surface area contributed by atoms with Gasteiger partial charge < -0.3 is 0 Å². The van der Waals surface area contributed by atoms with Gasteiger partial charge in [0.1, 0.15) is 0 Å². The number of nitrogens with zero attached hydrogens (tertiary/aromatic N) is 1. The second-order valence-electron chi connectivity index (χ2n) is 5.41. The van der Waals surface area contributed by atoms with E-state index in [0.29, 0.717) is 6.04 Å². The first-order valence-corrected chi connectivity index (χ1v) is 7.64. The highest BCUT2D eigenvalue weighted by Gasteiger charge is 2.09. The fourth-order valence-electron chi connectivity index (χ4n) is 2.54. The molecule has 0 saturated heterocycles. The van der Waals surface area contributed by atoms with Gasteiger partial charge in [-0.15, -0.1) is 0 Å². The minimum Gasteiger partial charge on any atom is -0.271 e. The summed E-state index contributed by atoms with van der Waals surface area (Å²) in [5, 5.41) is 1.19. The molecular formula is C17H25N3. The Morgan fingerprint density at radius 2 is 1.95 bits per heavy atom. The molecule has 1 aromatic heterocycles. The van der Waals surface area contributed by atoms with Crippen LogP contribution in [0.1, 0.15) is 44.7 Å². The van der Waals surface area contributed by atoms with Crippen molar-refractivity contribution in [2.45, 2.75) is 51.5 Å². The second-order valence-corrected chi connectivity index (χ2v) is 5.41. The highest BCUT2D eigenvalue weighted by Crippen LogP contribution is 2.14. The van der Waals surface area contributed by atoms with Gasteiger partial charge in [0.25, 0.3) is 0 Å². The van der Waals surface area contributed by atoms with Crippen molar-refractivity contribution < 1.29 is 0 Å². The largest absolute Gasteiger partial charge is 0.271 e. The lowest BCUT2D eigenvalue weighted by Crippen LogP contribution is -2.36. The SMILES string of the molecule is CCCCCCC(Cc1ccc2ccccc2n1)NN. The molecule has 3 heteroatoms. The van der Waals surface area contributed by atoms with Gasteiger partial charge in [-0.05, 0) is 18.6 Å². The van der Waals surface area contributed by atoms with Crippen molar-refractivity contribution in [1.82, 2.24) is 10.4 Å². The summed E-state index contributed by atoms with van der Waals surface area (Å²) < 4.78 is 0. The van der Waals surface area contributed by atoms with Crippen LogP contribution in [0.25, 0.3) is 10.9 Å². The molecule has 0 aliphatic heterocycles. The number of benzene rings is 1. The average Bonchev–Trinajstić information content (AvgIpc) is 2.50. The summed E-state index contributed by atoms with van der Waals surface area (Å²) in [5.41, 5.74) is 5.11. The van der Waals surface area contributed by atoms with Gasteiger partial charge >= 0.3 is 0 Å². The maximum absolute atomic E-state index is 5.67. The molecule has 0 aliphatic carbocycles. The molecule has 0 spiro atoms. The first-order chi connectivity index (χ1) is 9.83. The number of hydrazine groups is 1. The smallest absolute Gasteiger partial charge is 0.0705 e. The molecule has 3 N–H and O–H groups in total. The van der Waals surface area contributed by atoms with Gasteiger partial charge in [0, 0.05) is 23.5 Å². The number of rotatable bonds is 8. The first kappa shape index (κ1) is 14.9. The monoisotopic (exact) mass is 271 g/mol. The topological polar surface area (TPSA) is 50.9 Å². The maximum atomic E-state index is 5.67. The van der Waals surface area contributed by atoms with E-state index >= 15 is 0 Å². The normalized spacial score (nSPS) is 12.7. The van der Waals surface area contributed by atoms with Crippen LogP contribution >= 0.6 is 0 Å². The lowest BCUT2D eigenvalue weighted by atomic mass is 10.0. The average molecular weight is 271 g/mol. The molecule has 0 amide bonds. The number of para-hydroxylation sites is 1. The van der Waals surface area contributed by atoms with Crippen LogP contribution in [0.2, 0.25) is 0 Å². The fraction of sp³-hybridized carbons (Fsp3) is 0.471. The van der Waals surface area contributed by atoms with Gasteiger partial charge in [-0.25, -0.2) is 0 Å². The molecule has 108 valence electrons. The Kier molecular flexibility index (Phi) is 5.96. The van der Waals surface area contributed by atoms with E-state index in [1.54, 1.807) is 0 Å². The summed E-state index contributed by atoms with van der Waals surface area (Å²) in [6.45, 7) is 2.23. The molecule has 3 nitrogen and oxygen atoms in total. The summed E-state index contributed by atoms with van der Waals surface area (Å²) in [6, 6.07) is 12.8. The summed E-state index contributed by atoms with van der Waals surface area (Å²) in [4.78, 5) is 4.71. The van der Waals surface area contributed by atoms with Crippen LogP contribution in [0.5, 0.6) is 0 Å². The zero-order valence-electron chi connectivity index (χ0n) is 12.3. The zero-order valence-corrected chi connectivity index (χ0v) is 12.3. The Labute approximate surface area is 121 Å². The summed E-state index contributed by atoms with van der Waals surface area (Å²) in [5.74, 6) is 5.67. The molecule has 0 saturated carbocycles. The Hall–Kier alpha value is -1.45. The minimum atomic E-state index is 0.320. The summed E-state index contributed by atoms with van der Waals surface area (Å²) in [6.07, 6.45) is 7.12. The molecule has 0 fully saturated rings. The first-order valence-electron chi connectivity index (χ1n) is 7.64. The van der Waals surface area contributed by atoms with Crippen LogP contribution in [0.4, 0.5) is 0 Å². The molecule has 1 heterocycles. The van der Waals surface area contributed by atoms with E-state index < -0.39 is 0 Å². The third-order valence-corrected chi connectivity index (χ3v) is 3.75. The van der Waals surface area contributed by atoms with Crippen molar-refractivity contribution in [2.75, 3.05) is 0 Å². The molecule has 20 heavy (non-hydrogen) atoms. The van der Waals surface area contributed by atoms with E-state index in [4.69, 9.17) is 10.8 Å². The molecule has 1 unspecified atom stereocenters. The highest BCUT2D eigenvalue weighted by atomic mass is 15.2. The van der Waals surface area contributed by atoms with Crippen molar-refractivity contribution in [3.63, 3.8) is 0 Å². The quantitative estimate of drug-likeness (QED) is 0.438. The van der Waals surface area contributed by atoms with Crippen LogP contribution < -0.4 is 11.3 Å². The van der Waals surface area contributed by atoms with E-state index in [1.165, 1.54) is 31.1 Å². The molecule has 0 aliphatic rings. The predicted molar refractivity (Wildman–Crippen MR) is 85.3 cm³/mol. The van der Waals surface area contributed by atoms with Crippen molar-refractivity contribution in [2.24, 2.45) is 5.84 Å². The van der Waals surface area contributed by atoms with Crippen molar-refractivity contribution in [1.29, 1.82) is 0 Å². The Morgan fingerprint density at radius 3 is 2.75 bits per heavy atom. The van der Waals surface area contributed by atoms with E-state index in [1.807, 2.05) is 12.1 Å². The molecular weight excluding hydrogens is 246 g/mol. The highest BCUT2D eigenvalue weighted by molar-refractivity contribution is 5.78. The van der Waals surface area contributed by atoms with Crippen molar-refractivity contribution in [3.8, 4) is 0 Å². The Morgan fingerprint density at radius 1 is 1.10 bits per heavy atom. The second kappa shape index (κ2) is 7.98. The van der Waals surface area contributed by atoms with Crippen LogP contribution in [0.3, 0.4) is 0 Å². The number of aromatic nitrogens is 1. The van der Waals surface area contributed by atoms with Crippen LogP contribution in [0.15, 0.2) is 36.4 Å². The molecule has 1 atom stereocenters. The van der Waals surface area contributed by atoms with Gasteiger partial charge in [-0.1, -0.05) is 56.9 Å². The van der Waals surface area contributed by atoms with Crippen LogP contribution in [-0.4, -0.2) is 11.0 Å². The predicted octanol–water partition coefficient (Wildman–Crippen LogP) is 3.58. The molecule has 0 bridgehead atoms. The van der Waals surface area contributed by atoms with E-state index in [0.717, 1.165) is 24.1 Å². The van der Waals surface area contributed by atoms with Gasteiger partial charge in [0.05, 0.1) is 5.52 Å². The van der Waals surface area contributed by atoms with Gasteiger partial charge in [-0.3, -0.25) is 16.3 Å². The lowest BCUT2D eigenvalue weighted by Gasteiger charge is -2.15. The fourth-order valence-corrected chi connectivity index (χ4v) is 2.54.